The molecule has 1 aromatic heterocycles. The number of carbonyl (C=O) groups excluding carboxylic acids is 1. The van der Waals surface area contributed by atoms with Gasteiger partial charge in [0.2, 0.25) is 15.9 Å². The van der Waals surface area contributed by atoms with Crippen molar-refractivity contribution in [3.8, 4) is 0 Å². The number of hydrogen-bond acceptors (Lipinski definition) is 6. The number of amides is 1. The Balaban J connectivity index is 2.70. The Morgan fingerprint density at radius 3 is 2.57 bits per heavy atom. The van der Waals surface area contributed by atoms with E-state index < -0.39 is 27.4 Å². The van der Waals surface area contributed by atoms with E-state index in [4.69, 9.17) is 5.11 Å². The number of aromatic nitrogens is 1. The highest BCUT2D eigenvalue weighted by Crippen LogP contribution is 2.17. The van der Waals surface area contributed by atoms with E-state index in [-0.39, 0.29) is 18.0 Å². The Morgan fingerprint density at radius 2 is 2.10 bits per heavy atom. The van der Waals surface area contributed by atoms with E-state index in [2.05, 4.69) is 15.0 Å². The molecule has 118 valence electrons. The Bertz CT molecular complexity index is 640. The first kappa shape index (κ1) is 17.4. The second-order valence-electron chi connectivity index (χ2n) is 4.73. The fourth-order valence-electron chi connectivity index (χ4n) is 1.40. The van der Waals surface area contributed by atoms with Crippen LogP contribution >= 0.6 is 11.3 Å². The molecule has 1 atom stereocenters. The minimum absolute atomic E-state index is 0.120. The lowest BCUT2D eigenvalue weighted by Gasteiger charge is -2.24. The van der Waals surface area contributed by atoms with Gasteiger partial charge in [0, 0.05) is 5.38 Å². The molecule has 1 unspecified atom stereocenters. The van der Waals surface area contributed by atoms with Crippen molar-refractivity contribution in [3.05, 3.63) is 11.1 Å². The van der Waals surface area contributed by atoms with Gasteiger partial charge in [-0.05, 0) is 13.3 Å². The molecule has 1 amide bonds. The third kappa shape index (κ3) is 5.31. The number of carboxylic acids is 1. The van der Waals surface area contributed by atoms with E-state index in [0.717, 1.165) is 17.6 Å². The molecule has 21 heavy (non-hydrogen) atoms. The van der Waals surface area contributed by atoms with Crippen LogP contribution in [0.3, 0.4) is 0 Å². The van der Waals surface area contributed by atoms with Gasteiger partial charge in [0.05, 0.1) is 18.4 Å². The minimum atomic E-state index is -3.42. The molecule has 0 aliphatic carbocycles. The van der Waals surface area contributed by atoms with Crippen LogP contribution in [0, 0.1) is 0 Å². The molecule has 8 nitrogen and oxygen atoms in total. The molecule has 0 bridgehead atoms. The van der Waals surface area contributed by atoms with Gasteiger partial charge in [-0.25, -0.2) is 18.2 Å². The molecule has 0 fully saturated rings. The van der Waals surface area contributed by atoms with Crippen molar-refractivity contribution in [2.45, 2.75) is 32.2 Å². The number of hydrogen-bond donors (Lipinski definition) is 3. The summed E-state index contributed by atoms with van der Waals surface area (Å²) in [5, 5.41) is 13.2. The van der Waals surface area contributed by atoms with Crippen LogP contribution in [0.5, 0.6) is 0 Å². The number of sulfonamides is 1. The monoisotopic (exact) mass is 335 g/mol. The van der Waals surface area contributed by atoms with Crippen molar-refractivity contribution in [1.29, 1.82) is 0 Å². The predicted octanol–water partition coefficient (Wildman–Crippen LogP) is 0.427. The van der Waals surface area contributed by atoms with Crippen molar-refractivity contribution in [1.82, 2.24) is 10.3 Å². The zero-order valence-corrected chi connectivity index (χ0v) is 13.5. The first-order valence-electron chi connectivity index (χ1n) is 6.02. The zero-order chi connectivity index (χ0) is 16.3. The average Bonchev–Trinajstić information content (AvgIpc) is 2.73. The highest BCUT2D eigenvalue weighted by atomic mass is 32.2. The molecule has 1 aromatic rings. The third-order valence-electron chi connectivity index (χ3n) is 2.76. The smallest absolute Gasteiger partial charge is 0.329 e. The van der Waals surface area contributed by atoms with E-state index >= 15 is 0 Å². The first-order chi connectivity index (χ1) is 9.55. The molecule has 0 spiro atoms. The van der Waals surface area contributed by atoms with Gasteiger partial charge in [0.15, 0.2) is 5.13 Å². The van der Waals surface area contributed by atoms with Crippen LogP contribution in [0.2, 0.25) is 0 Å². The van der Waals surface area contributed by atoms with Crippen LogP contribution in [0.1, 0.15) is 26.0 Å². The highest BCUT2D eigenvalue weighted by molar-refractivity contribution is 7.92. The van der Waals surface area contributed by atoms with Gasteiger partial charge in [-0.15, -0.1) is 11.3 Å². The summed E-state index contributed by atoms with van der Waals surface area (Å²) < 4.78 is 24.3. The molecular formula is C11H17N3O5S2. The van der Waals surface area contributed by atoms with Gasteiger partial charge in [-0.1, -0.05) is 6.92 Å². The second kappa shape index (κ2) is 6.39. The van der Waals surface area contributed by atoms with E-state index in [9.17, 15) is 18.0 Å². The third-order valence-corrected chi connectivity index (χ3v) is 4.26. The number of rotatable bonds is 7. The van der Waals surface area contributed by atoms with Crippen LogP contribution < -0.4 is 10.0 Å². The largest absolute Gasteiger partial charge is 0.480 e. The maximum absolute atomic E-state index is 11.8. The van der Waals surface area contributed by atoms with E-state index in [1.165, 1.54) is 12.3 Å². The first-order valence-corrected chi connectivity index (χ1v) is 8.79. The molecule has 10 heteroatoms. The Morgan fingerprint density at radius 1 is 1.48 bits per heavy atom. The fourth-order valence-corrected chi connectivity index (χ4v) is 2.97. The number of nitrogens with zero attached hydrogens (tertiary/aromatic N) is 1. The Hall–Kier alpha value is -1.68. The summed E-state index contributed by atoms with van der Waals surface area (Å²) >= 11 is 1.05. The van der Waals surface area contributed by atoms with Crippen LogP contribution in [0.15, 0.2) is 5.38 Å². The SMILES string of the molecule is CCC(C)(NC(=O)Cc1csc(NS(C)(=O)=O)n1)C(=O)O. The normalized spacial score (nSPS) is 14.2. The standard InChI is InChI=1S/C11H17N3O5S2/c1-4-11(2,9(16)17)13-8(15)5-7-6-20-10(12-7)14-21(3,18)19/h6H,4-5H2,1-3H3,(H,12,14)(H,13,15)(H,16,17). The second-order valence-corrected chi connectivity index (χ2v) is 7.34. The summed E-state index contributed by atoms with van der Waals surface area (Å²) in [4.78, 5) is 26.9. The van der Waals surface area contributed by atoms with Crippen LogP contribution in [0.4, 0.5) is 5.13 Å². The van der Waals surface area contributed by atoms with Crippen molar-refractivity contribution in [2.75, 3.05) is 11.0 Å². The van der Waals surface area contributed by atoms with Gasteiger partial charge >= 0.3 is 5.97 Å². The minimum Gasteiger partial charge on any atom is -0.480 e. The van der Waals surface area contributed by atoms with Gasteiger partial charge in [0.25, 0.3) is 0 Å². The summed E-state index contributed by atoms with van der Waals surface area (Å²) in [5.41, 5.74) is -0.964. The van der Waals surface area contributed by atoms with Crippen molar-refractivity contribution < 1.29 is 23.1 Å². The number of thiazole rings is 1. The lowest BCUT2D eigenvalue weighted by molar-refractivity contribution is -0.146. The zero-order valence-electron chi connectivity index (χ0n) is 11.8. The van der Waals surface area contributed by atoms with Gasteiger partial charge in [-0.3, -0.25) is 9.52 Å². The van der Waals surface area contributed by atoms with Gasteiger partial charge in [0.1, 0.15) is 5.54 Å². The van der Waals surface area contributed by atoms with Crippen LogP contribution in [-0.2, 0) is 26.0 Å². The van der Waals surface area contributed by atoms with E-state index in [1.807, 2.05) is 0 Å². The topological polar surface area (TPSA) is 125 Å². The molecule has 0 radical (unpaired) electrons. The summed E-state index contributed by atoms with van der Waals surface area (Å²) in [6, 6.07) is 0. The quantitative estimate of drug-likeness (QED) is 0.663. The molecular weight excluding hydrogens is 318 g/mol. The summed E-state index contributed by atoms with van der Waals surface area (Å²) in [7, 11) is -3.42. The number of carboxylic acid groups (broad SMARTS) is 1. The molecule has 1 rings (SSSR count). The number of carbonyl (C=O) groups is 2. The molecule has 0 aliphatic rings. The number of anilines is 1. The number of aliphatic carboxylic acids is 1. The summed E-state index contributed by atoms with van der Waals surface area (Å²) in [6.45, 7) is 3.08. The lowest BCUT2D eigenvalue weighted by atomic mass is 9.99. The number of nitrogens with one attached hydrogen (secondary N) is 2. The van der Waals surface area contributed by atoms with Crippen molar-refractivity contribution in [3.63, 3.8) is 0 Å². The fraction of sp³-hybridized carbons (Fsp3) is 0.545. The van der Waals surface area contributed by atoms with Crippen molar-refractivity contribution in [2.24, 2.45) is 0 Å². The molecule has 0 saturated heterocycles. The molecule has 0 aliphatic heterocycles. The summed E-state index contributed by atoms with van der Waals surface area (Å²) in [6.07, 6.45) is 1.12. The maximum atomic E-state index is 11.8. The van der Waals surface area contributed by atoms with Crippen molar-refractivity contribution >= 4 is 38.4 Å². The van der Waals surface area contributed by atoms with Gasteiger partial charge in [-0.2, -0.15) is 0 Å². The van der Waals surface area contributed by atoms with Crippen LogP contribution in [0.25, 0.3) is 0 Å². The highest BCUT2D eigenvalue weighted by Gasteiger charge is 2.32. The lowest BCUT2D eigenvalue weighted by Crippen LogP contribution is -2.52. The average molecular weight is 335 g/mol. The van der Waals surface area contributed by atoms with Gasteiger partial charge < -0.3 is 10.4 Å². The maximum Gasteiger partial charge on any atom is 0.329 e. The van der Waals surface area contributed by atoms with E-state index in [1.54, 1.807) is 6.92 Å². The molecule has 3 N–H and O–H groups in total. The van der Waals surface area contributed by atoms with Crippen LogP contribution in [-0.4, -0.2) is 42.2 Å². The molecule has 0 aromatic carbocycles. The molecule has 1 heterocycles. The predicted molar refractivity (Wildman–Crippen MR) is 78.8 cm³/mol. The Kier molecular flexibility index (Phi) is 5.29. The summed E-state index contributed by atoms with van der Waals surface area (Å²) in [5.74, 6) is -1.60. The molecule has 0 saturated carbocycles. The Labute approximate surface area is 126 Å². The van der Waals surface area contributed by atoms with E-state index in [0.29, 0.717) is 5.69 Å².